The summed E-state index contributed by atoms with van der Waals surface area (Å²) in [5.74, 6) is 0. The van der Waals surface area contributed by atoms with Gasteiger partial charge in [0.25, 0.3) is 0 Å². The normalized spacial score (nSPS) is 14.6. The van der Waals surface area contributed by atoms with Gasteiger partial charge in [-0.3, -0.25) is 0 Å². The average molecular weight is 261 g/mol. The fourth-order valence-corrected chi connectivity index (χ4v) is 2.67. The lowest BCUT2D eigenvalue weighted by atomic mass is 9.75. The first-order valence-electron chi connectivity index (χ1n) is 7.89. The smallest absolute Gasteiger partial charge is 0.00133 e. The monoisotopic (exact) mass is 261 g/mol. The molecule has 1 aromatic rings. The van der Waals surface area contributed by atoms with E-state index in [4.69, 9.17) is 0 Å². The van der Waals surface area contributed by atoms with Gasteiger partial charge in [-0.1, -0.05) is 70.9 Å². The Kier molecular flexibility index (Phi) is 7.15. The van der Waals surface area contributed by atoms with Crippen LogP contribution in [0.2, 0.25) is 0 Å². The third-order valence-corrected chi connectivity index (χ3v) is 4.12. The molecule has 0 aliphatic rings. The van der Waals surface area contributed by atoms with Crippen LogP contribution in [-0.2, 0) is 6.42 Å². The fraction of sp³-hybridized carbons (Fsp3) is 0.667. The minimum atomic E-state index is 0.418. The van der Waals surface area contributed by atoms with Crippen LogP contribution in [0.1, 0.15) is 58.9 Å². The average Bonchev–Trinajstić information content (AvgIpc) is 2.43. The molecule has 0 spiro atoms. The maximum absolute atomic E-state index is 3.67. The number of unbranched alkanes of at least 4 members (excludes halogenated alkanes) is 1. The first kappa shape index (κ1) is 16.2. The Morgan fingerprint density at radius 2 is 1.79 bits per heavy atom. The van der Waals surface area contributed by atoms with Crippen LogP contribution in [0.5, 0.6) is 0 Å². The Morgan fingerprint density at radius 3 is 2.32 bits per heavy atom. The summed E-state index contributed by atoms with van der Waals surface area (Å²) in [5, 5.41) is 3.67. The summed E-state index contributed by atoms with van der Waals surface area (Å²) in [6.07, 6.45) is 6.40. The van der Waals surface area contributed by atoms with Gasteiger partial charge in [-0.2, -0.15) is 0 Å². The van der Waals surface area contributed by atoms with Gasteiger partial charge in [-0.05, 0) is 30.2 Å². The molecule has 19 heavy (non-hydrogen) atoms. The highest BCUT2D eigenvalue weighted by Crippen LogP contribution is 2.32. The Morgan fingerprint density at radius 1 is 1.11 bits per heavy atom. The van der Waals surface area contributed by atoms with E-state index in [0.29, 0.717) is 11.5 Å². The lowest BCUT2D eigenvalue weighted by Crippen LogP contribution is -2.39. The lowest BCUT2D eigenvalue weighted by Gasteiger charge is -2.34. The zero-order valence-electron chi connectivity index (χ0n) is 13.2. The molecule has 1 rings (SSSR count). The van der Waals surface area contributed by atoms with Crippen LogP contribution < -0.4 is 5.32 Å². The van der Waals surface area contributed by atoms with Crippen molar-refractivity contribution in [2.24, 2.45) is 5.41 Å². The van der Waals surface area contributed by atoms with Gasteiger partial charge in [0.15, 0.2) is 0 Å². The highest BCUT2D eigenvalue weighted by atomic mass is 14.9. The summed E-state index contributed by atoms with van der Waals surface area (Å²) >= 11 is 0. The zero-order valence-corrected chi connectivity index (χ0v) is 13.2. The molecular weight excluding hydrogens is 230 g/mol. The van der Waals surface area contributed by atoms with Crippen molar-refractivity contribution in [3.8, 4) is 0 Å². The molecule has 0 radical (unpaired) electrons. The fourth-order valence-electron chi connectivity index (χ4n) is 2.67. The minimum absolute atomic E-state index is 0.418. The molecule has 1 atom stereocenters. The standard InChI is InChI=1S/C18H31N/c1-5-7-13-18(6-2,15-19-16(3)4)14-17-11-9-8-10-12-17/h8-12,16,19H,5-7,13-15H2,1-4H3. The van der Waals surface area contributed by atoms with E-state index >= 15 is 0 Å². The first-order valence-corrected chi connectivity index (χ1v) is 7.89. The van der Waals surface area contributed by atoms with E-state index in [1.54, 1.807) is 0 Å². The van der Waals surface area contributed by atoms with Gasteiger partial charge in [0.2, 0.25) is 0 Å². The molecule has 1 nitrogen and oxygen atoms in total. The highest BCUT2D eigenvalue weighted by molar-refractivity contribution is 5.16. The van der Waals surface area contributed by atoms with Gasteiger partial charge >= 0.3 is 0 Å². The van der Waals surface area contributed by atoms with Crippen LogP contribution in [0.25, 0.3) is 0 Å². The van der Waals surface area contributed by atoms with Crippen molar-refractivity contribution < 1.29 is 0 Å². The van der Waals surface area contributed by atoms with Crippen LogP contribution in [0.3, 0.4) is 0 Å². The molecule has 1 heteroatoms. The van der Waals surface area contributed by atoms with E-state index in [1.807, 2.05) is 0 Å². The quantitative estimate of drug-likeness (QED) is 0.672. The molecule has 0 saturated heterocycles. The molecule has 0 aromatic heterocycles. The third kappa shape index (κ3) is 5.78. The molecule has 0 heterocycles. The summed E-state index contributed by atoms with van der Waals surface area (Å²) in [4.78, 5) is 0. The van der Waals surface area contributed by atoms with Crippen LogP contribution in [0.15, 0.2) is 30.3 Å². The lowest BCUT2D eigenvalue weighted by molar-refractivity contribution is 0.223. The molecule has 0 aliphatic heterocycles. The Bertz CT molecular complexity index is 331. The van der Waals surface area contributed by atoms with Crippen molar-refractivity contribution in [2.75, 3.05) is 6.54 Å². The third-order valence-electron chi connectivity index (χ3n) is 4.12. The van der Waals surface area contributed by atoms with Gasteiger partial charge in [0, 0.05) is 12.6 Å². The van der Waals surface area contributed by atoms with E-state index in [2.05, 4.69) is 63.3 Å². The van der Waals surface area contributed by atoms with Crippen molar-refractivity contribution in [1.29, 1.82) is 0 Å². The molecule has 0 aliphatic carbocycles. The van der Waals surface area contributed by atoms with Gasteiger partial charge in [-0.15, -0.1) is 0 Å². The Balaban J connectivity index is 2.76. The first-order chi connectivity index (χ1) is 9.12. The van der Waals surface area contributed by atoms with Crippen molar-refractivity contribution in [1.82, 2.24) is 5.32 Å². The topological polar surface area (TPSA) is 12.0 Å². The van der Waals surface area contributed by atoms with E-state index in [9.17, 15) is 0 Å². The minimum Gasteiger partial charge on any atom is -0.314 e. The SMILES string of the molecule is CCCCC(CC)(CNC(C)C)Cc1ccccc1. The van der Waals surface area contributed by atoms with Crippen LogP contribution in [-0.4, -0.2) is 12.6 Å². The maximum Gasteiger partial charge on any atom is 0.00133 e. The van der Waals surface area contributed by atoms with E-state index in [-0.39, 0.29) is 0 Å². The van der Waals surface area contributed by atoms with E-state index in [0.717, 1.165) is 6.54 Å². The predicted molar refractivity (Wildman–Crippen MR) is 85.5 cm³/mol. The highest BCUT2D eigenvalue weighted by Gasteiger charge is 2.27. The summed E-state index contributed by atoms with van der Waals surface area (Å²) in [6, 6.07) is 11.5. The molecule has 1 unspecified atom stereocenters. The van der Waals surface area contributed by atoms with Gasteiger partial charge in [0.05, 0.1) is 0 Å². The van der Waals surface area contributed by atoms with Crippen LogP contribution in [0, 0.1) is 5.41 Å². The predicted octanol–water partition coefficient (Wildman–Crippen LogP) is 4.81. The molecular formula is C18H31N. The molecule has 0 fully saturated rings. The van der Waals surface area contributed by atoms with Gasteiger partial charge in [-0.25, -0.2) is 0 Å². The number of rotatable bonds is 9. The second kappa shape index (κ2) is 8.37. The summed E-state index contributed by atoms with van der Waals surface area (Å²) < 4.78 is 0. The molecule has 0 amide bonds. The van der Waals surface area contributed by atoms with Crippen molar-refractivity contribution in [3.05, 3.63) is 35.9 Å². The Hall–Kier alpha value is -0.820. The second-order valence-electron chi connectivity index (χ2n) is 6.16. The summed E-state index contributed by atoms with van der Waals surface area (Å²) in [7, 11) is 0. The largest absolute Gasteiger partial charge is 0.314 e. The molecule has 0 saturated carbocycles. The number of hydrogen-bond donors (Lipinski definition) is 1. The second-order valence-corrected chi connectivity index (χ2v) is 6.16. The van der Waals surface area contributed by atoms with Gasteiger partial charge < -0.3 is 5.32 Å². The zero-order chi connectivity index (χ0) is 14.1. The maximum atomic E-state index is 3.67. The number of benzene rings is 1. The van der Waals surface area contributed by atoms with Gasteiger partial charge in [0.1, 0.15) is 0 Å². The Labute approximate surface area is 119 Å². The summed E-state index contributed by atoms with van der Waals surface area (Å²) in [5.41, 5.74) is 1.90. The molecule has 108 valence electrons. The number of nitrogens with one attached hydrogen (secondary N) is 1. The molecule has 1 N–H and O–H groups in total. The van der Waals surface area contributed by atoms with Crippen molar-refractivity contribution in [2.45, 2.75) is 65.8 Å². The molecule has 1 aromatic carbocycles. The van der Waals surface area contributed by atoms with Crippen LogP contribution >= 0.6 is 0 Å². The van der Waals surface area contributed by atoms with Crippen molar-refractivity contribution >= 4 is 0 Å². The van der Waals surface area contributed by atoms with E-state index < -0.39 is 0 Å². The molecule has 0 bridgehead atoms. The number of hydrogen-bond acceptors (Lipinski definition) is 1. The van der Waals surface area contributed by atoms with Crippen LogP contribution in [0.4, 0.5) is 0 Å². The summed E-state index contributed by atoms with van der Waals surface area (Å²) in [6.45, 7) is 10.3. The van der Waals surface area contributed by atoms with E-state index in [1.165, 1.54) is 37.7 Å². The van der Waals surface area contributed by atoms with Crippen molar-refractivity contribution in [3.63, 3.8) is 0 Å².